The number of benzene rings is 4. The van der Waals surface area contributed by atoms with E-state index in [4.69, 9.17) is 0 Å². The van der Waals surface area contributed by atoms with Gasteiger partial charge in [-0.25, -0.2) is 4.90 Å². The molecule has 0 atom stereocenters. The van der Waals surface area contributed by atoms with E-state index in [2.05, 4.69) is 11.1 Å². The highest BCUT2D eigenvalue weighted by atomic mass is 16.2. The van der Waals surface area contributed by atoms with Crippen LogP contribution in [0, 0.1) is 11.3 Å². The van der Waals surface area contributed by atoms with Crippen LogP contribution in [0.4, 0.5) is 5.69 Å². The maximum Gasteiger partial charge on any atom is 0.268 e. The Morgan fingerprint density at radius 1 is 0.711 bits per heavy atom. The lowest BCUT2D eigenvalue weighted by Gasteiger charge is -2.14. The fourth-order valence-electron chi connectivity index (χ4n) is 5.39. The van der Waals surface area contributed by atoms with E-state index in [-0.39, 0.29) is 11.8 Å². The third-order valence-electron chi connectivity index (χ3n) is 7.07. The Hall–Kier alpha value is -5.54. The first-order valence-electron chi connectivity index (χ1n) is 12.1. The number of carbonyl (C=O) groups is 2. The first-order valence-corrected chi connectivity index (χ1v) is 12.1. The van der Waals surface area contributed by atoms with Crippen LogP contribution in [0.15, 0.2) is 109 Å². The molecule has 0 fully saturated rings. The summed E-state index contributed by atoms with van der Waals surface area (Å²) in [6.07, 6.45) is 3.29. The SMILES string of the molecule is N#Cc1ccncc1-c1ccc2c3ccccc3n(-c3cccc4c3C(=O)N(c3ccccc3)C4=O)c2c1. The summed E-state index contributed by atoms with van der Waals surface area (Å²) in [5.41, 5.74) is 5.79. The molecule has 1 aliphatic heterocycles. The Labute approximate surface area is 217 Å². The number of nitrogens with zero attached hydrogens (tertiary/aromatic N) is 4. The van der Waals surface area contributed by atoms with Crippen molar-refractivity contribution in [3.8, 4) is 22.9 Å². The minimum Gasteiger partial charge on any atom is -0.308 e. The Morgan fingerprint density at radius 2 is 1.50 bits per heavy atom. The summed E-state index contributed by atoms with van der Waals surface area (Å²) in [4.78, 5) is 32.7. The number of imide groups is 1. The second-order valence-electron chi connectivity index (χ2n) is 9.10. The normalized spacial score (nSPS) is 12.8. The highest BCUT2D eigenvalue weighted by molar-refractivity contribution is 6.35. The summed E-state index contributed by atoms with van der Waals surface area (Å²) < 4.78 is 2.04. The third-order valence-corrected chi connectivity index (χ3v) is 7.07. The molecule has 0 aliphatic carbocycles. The summed E-state index contributed by atoms with van der Waals surface area (Å²) >= 11 is 0. The van der Waals surface area contributed by atoms with Gasteiger partial charge in [0, 0.05) is 28.7 Å². The van der Waals surface area contributed by atoms with E-state index in [0.29, 0.717) is 28.1 Å². The number of anilines is 1. The zero-order valence-corrected chi connectivity index (χ0v) is 20.0. The molecule has 2 amide bonds. The zero-order chi connectivity index (χ0) is 25.8. The molecule has 0 bridgehead atoms. The van der Waals surface area contributed by atoms with Crippen LogP contribution in [0.3, 0.4) is 0 Å². The molecule has 1 aliphatic rings. The maximum atomic E-state index is 13.8. The van der Waals surface area contributed by atoms with E-state index < -0.39 is 0 Å². The summed E-state index contributed by atoms with van der Waals surface area (Å²) in [6.45, 7) is 0. The quantitative estimate of drug-likeness (QED) is 0.265. The predicted octanol–water partition coefficient (Wildman–Crippen LogP) is 6.52. The monoisotopic (exact) mass is 490 g/mol. The van der Waals surface area contributed by atoms with E-state index in [0.717, 1.165) is 32.9 Å². The number of hydrogen-bond donors (Lipinski definition) is 0. The predicted molar refractivity (Wildman–Crippen MR) is 146 cm³/mol. The first-order chi connectivity index (χ1) is 18.7. The van der Waals surface area contributed by atoms with Crippen molar-refractivity contribution in [2.45, 2.75) is 0 Å². The van der Waals surface area contributed by atoms with Crippen molar-refractivity contribution < 1.29 is 9.59 Å². The molecule has 0 radical (unpaired) electrons. The standard InChI is InChI=1S/C32H18N4O2/c33-18-21-15-16-34-19-26(21)20-13-14-24-23-9-4-5-11-27(23)36(29(24)17-20)28-12-6-10-25-30(28)32(38)35(31(25)37)22-7-2-1-3-8-22/h1-17,19H. The summed E-state index contributed by atoms with van der Waals surface area (Å²) in [5.74, 6) is -0.693. The van der Waals surface area contributed by atoms with E-state index in [9.17, 15) is 14.9 Å². The zero-order valence-electron chi connectivity index (χ0n) is 20.0. The third kappa shape index (κ3) is 3.03. The van der Waals surface area contributed by atoms with E-state index in [1.165, 1.54) is 4.90 Å². The van der Waals surface area contributed by atoms with Gasteiger partial charge in [0.1, 0.15) is 0 Å². The molecule has 6 aromatic rings. The molecular weight excluding hydrogens is 472 g/mol. The van der Waals surface area contributed by atoms with Crippen molar-refractivity contribution in [3.05, 3.63) is 126 Å². The lowest BCUT2D eigenvalue weighted by molar-refractivity contribution is 0.0926. The van der Waals surface area contributed by atoms with Crippen LogP contribution >= 0.6 is 0 Å². The topological polar surface area (TPSA) is 79.0 Å². The smallest absolute Gasteiger partial charge is 0.268 e. The van der Waals surface area contributed by atoms with Crippen molar-refractivity contribution in [2.24, 2.45) is 0 Å². The van der Waals surface area contributed by atoms with Crippen LogP contribution < -0.4 is 4.90 Å². The van der Waals surface area contributed by atoms with Crippen molar-refractivity contribution in [2.75, 3.05) is 4.90 Å². The Morgan fingerprint density at radius 3 is 2.34 bits per heavy atom. The van der Waals surface area contributed by atoms with Crippen LogP contribution in [0.2, 0.25) is 0 Å². The van der Waals surface area contributed by atoms with Crippen LogP contribution in [-0.2, 0) is 0 Å². The van der Waals surface area contributed by atoms with E-state index in [1.807, 2.05) is 77.4 Å². The molecular formula is C32H18N4O2. The number of amides is 2. The first kappa shape index (κ1) is 21.7. The van der Waals surface area contributed by atoms with Crippen LogP contribution in [0.1, 0.15) is 26.3 Å². The Bertz CT molecular complexity index is 1980. The molecule has 0 saturated heterocycles. The molecule has 0 unspecified atom stereocenters. The molecule has 6 heteroatoms. The van der Waals surface area contributed by atoms with Crippen molar-refractivity contribution in [1.29, 1.82) is 5.26 Å². The second kappa shape index (κ2) is 8.26. The molecule has 0 spiro atoms. The minimum atomic E-state index is -0.354. The molecule has 2 aromatic heterocycles. The van der Waals surface area contributed by atoms with Gasteiger partial charge in [-0.2, -0.15) is 5.26 Å². The van der Waals surface area contributed by atoms with Crippen molar-refractivity contribution in [3.63, 3.8) is 0 Å². The highest BCUT2D eigenvalue weighted by Gasteiger charge is 2.39. The second-order valence-corrected chi connectivity index (χ2v) is 9.10. The van der Waals surface area contributed by atoms with E-state index >= 15 is 0 Å². The van der Waals surface area contributed by atoms with E-state index in [1.54, 1.807) is 36.7 Å². The summed E-state index contributed by atoms with van der Waals surface area (Å²) in [7, 11) is 0. The van der Waals surface area contributed by atoms with Crippen LogP contribution in [0.25, 0.3) is 38.6 Å². The molecule has 7 rings (SSSR count). The molecule has 178 valence electrons. The van der Waals surface area contributed by atoms with Gasteiger partial charge in [-0.1, -0.05) is 54.6 Å². The van der Waals surface area contributed by atoms with Crippen LogP contribution in [-0.4, -0.2) is 21.4 Å². The number of pyridine rings is 1. The van der Waals surface area contributed by atoms with Crippen molar-refractivity contribution in [1.82, 2.24) is 9.55 Å². The number of aromatic nitrogens is 2. The lowest BCUT2D eigenvalue weighted by atomic mass is 10.0. The largest absolute Gasteiger partial charge is 0.308 e. The highest BCUT2D eigenvalue weighted by Crippen LogP contribution is 2.39. The van der Waals surface area contributed by atoms with Gasteiger partial charge >= 0.3 is 0 Å². The van der Waals surface area contributed by atoms with Gasteiger partial charge in [-0.15, -0.1) is 0 Å². The van der Waals surface area contributed by atoms with Gasteiger partial charge in [-0.3, -0.25) is 14.6 Å². The van der Waals surface area contributed by atoms with Gasteiger partial charge in [0.25, 0.3) is 11.8 Å². The minimum absolute atomic E-state index is 0.339. The molecule has 38 heavy (non-hydrogen) atoms. The lowest BCUT2D eigenvalue weighted by Crippen LogP contribution is -2.29. The number of fused-ring (bicyclic) bond motifs is 4. The molecule has 0 saturated carbocycles. The molecule has 0 N–H and O–H groups in total. The Balaban J connectivity index is 1.52. The fourth-order valence-corrected chi connectivity index (χ4v) is 5.39. The number of carbonyl (C=O) groups excluding carboxylic acids is 2. The number of para-hydroxylation sites is 2. The fraction of sp³-hybridized carbons (Fsp3) is 0. The summed E-state index contributed by atoms with van der Waals surface area (Å²) in [5, 5.41) is 11.7. The van der Waals surface area contributed by atoms with Gasteiger partial charge in [0.05, 0.1) is 45.2 Å². The van der Waals surface area contributed by atoms with Crippen LogP contribution in [0.5, 0.6) is 0 Å². The molecule has 6 nitrogen and oxygen atoms in total. The van der Waals surface area contributed by atoms with Gasteiger partial charge in [-0.05, 0) is 48.0 Å². The number of rotatable bonds is 3. The van der Waals surface area contributed by atoms with Gasteiger partial charge in [0.2, 0.25) is 0 Å². The number of nitriles is 1. The molecule has 4 aromatic carbocycles. The average molecular weight is 491 g/mol. The Kier molecular flexibility index (Phi) is 4.72. The summed E-state index contributed by atoms with van der Waals surface area (Å²) in [6, 6.07) is 32.3. The maximum absolute atomic E-state index is 13.8. The molecule has 3 heterocycles. The van der Waals surface area contributed by atoms with Gasteiger partial charge in [0.15, 0.2) is 0 Å². The number of hydrogen-bond acceptors (Lipinski definition) is 4. The average Bonchev–Trinajstić information content (AvgIpc) is 3.44. The van der Waals surface area contributed by atoms with Gasteiger partial charge < -0.3 is 4.57 Å². The van der Waals surface area contributed by atoms with Crippen molar-refractivity contribution >= 4 is 39.3 Å².